The quantitative estimate of drug-likeness (QED) is 0.834. The number of thiocarbonyl (C=S) groups is 1. The molecule has 1 atom stereocenters. The van der Waals surface area contributed by atoms with Gasteiger partial charge in [-0.3, -0.25) is 14.8 Å². The maximum absolute atomic E-state index is 12.7. The number of hydrogen-bond acceptors (Lipinski definition) is 4. The first kappa shape index (κ1) is 18.5. The number of likely N-dealkylation sites (tertiary alicyclic amines) is 1. The van der Waals surface area contributed by atoms with Gasteiger partial charge in [-0.05, 0) is 57.1 Å². The molecule has 1 aliphatic heterocycles. The van der Waals surface area contributed by atoms with Crippen LogP contribution in [-0.2, 0) is 4.79 Å². The molecule has 0 radical (unpaired) electrons. The van der Waals surface area contributed by atoms with Gasteiger partial charge in [0.1, 0.15) is 0 Å². The van der Waals surface area contributed by atoms with Crippen molar-refractivity contribution in [3.05, 3.63) is 30.6 Å². The fraction of sp³-hybridized carbons (Fsp3) is 0.474. The van der Waals surface area contributed by atoms with Gasteiger partial charge in [0.25, 0.3) is 0 Å². The Labute approximate surface area is 159 Å². The zero-order chi connectivity index (χ0) is 18.5. The molecule has 2 heterocycles. The Bertz CT molecular complexity index is 792. The van der Waals surface area contributed by atoms with Crippen molar-refractivity contribution in [2.24, 2.45) is 5.92 Å². The first-order valence-electron chi connectivity index (χ1n) is 9.17. The van der Waals surface area contributed by atoms with Gasteiger partial charge in [0.05, 0.1) is 17.0 Å². The number of amides is 1. The van der Waals surface area contributed by atoms with E-state index in [9.17, 15) is 4.79 Å². The van der Waals surface area contributed by atoms with Crippen molar-refractivity contribution in [1.29, 1.82) is 0 Å². The minimum Gasteiger partial charge on any atom is -0.348 e. The van der Waals surface area contributed by atoms with E-state index in [1.165, 1.54) is 0 Å². The highest BCUT2D eigenvalue weighted by molar-refractivity contribution is 7.80. The number of anilines is 1. The fourth-order valence-corrected chi connectivity index (χ4v) is 3.68. The van der Waals surface area contributed by atoms with E-state index in [0.29, 0.717) is 11.7 Å². The summed E-state index contributed by atoms with van der Waals surface area (Å²) < 4.78 is 0. The third-order valence-electron chi connectivity index (χ3n) is 4.85. The maximum Gasteiger partial charge on any atom is 0.227 e. The average Bonchev–Trinajstić information content (AvgIpc) is 2.69. The van der Waals surface area contributed by atoms with Gasteiger partial charge >= 0.3 is 0 Å². The van der Waals surface area contributed by atoms with E-state index in [2.05, 4.69) is 20.2 Å². The number of hydrogen-bond donors (Lipinski definition) is 1. The smallest absolute Gasteiger partial charge is 0.227 e. The molecule has 26 heavy (non-hydrogen) atoms. The molecule has 0 aliphatic carbocycles. The molecule has 1 aliphatic rings. The second-order valence-electron chi connectivity index (χ2n) is 6.49. The number of piperidine rings is 1. The Hall–Kier alpha value is -2.28. The Morgan fingerprint density at radius 3 is 2.73 bits per heavy atom. The van der Waals surface area contributed by atoms with Crippen LogP contribution in [0.1, 0.15) is 26.7 Å². The monoisotopic (exact) mass is 371 g/mol. The van der Waals surface area contributed by atoms with Gasteiger partial charge in [-0.15, -0.1) is 0 Å². The lowest BCUT2D eigenvalue weighted by atomic mass is 9.96. The summed E-state index contributed by atoms with van der Waals surface area (Å²) in [7, 11) is 0. The minimum atomic E-state index is 0.0193. The fourth-order valence-electron chi connectivity index (χ4n) is 3.40. The molecule has 1 aromatic carbocycles. The van der Waals surface area contributed by atoms with Crippen molar-refractivity contribution < 1.29 is 4.79 Å². The standard InChI is InChI=1S/C19H25N5OS/c1-3-23(4-2)18(25)14-6-5-11-24(13-14)19(26)22-15-7-8-16-17(12-15)21-10-9-20-16/h7-10,12,14H,3-6,11,13H2,1-2H3,(H,22,26)/t14-/m1/s1. The Morgan fingerprint density at radius 2 is 2.00 bits per heavy atom. The SMILES string of the molecule is CCN(CC)C(=O)[C@@H]1CCCN(C(=S)Nc2ccc3nccnc3c2)C1. The molecule has 1 N–H and O–H groups in total. The molecule has 1 amide bonds. The minimum absolute atomic E-state index is 0.0193. The highest BCUT2D eigenvalue weighted by Crippen LogP contribution is 2.21. The Kier molecular flexibility index (Phi) is 5.98. The lowest BCUT2D eigenvalue weighted by molar-refractivity contribution is -0.136. The van der Waals surface area contributed by atoms with Crippen LogP contribution in [0, 0.1) is 5.92 Å². The summed E-state index contributed by atoms with van der Waals surface area (Å²) in [6, 6.07) is 5.82. The predicted octanol–water partition coefficient (Wildman–Crippen LogP) is 2.91. The third-order valence-corrected chi connectivity index (χ3v) is 5.21. The highest BCUT2D eigenvalue weighted by atomic mass is 32.1. The molecule has 0 unspecified atom stereocenters. The first-order chi connectivity index (χ1) is 12.6. The van der Waals surface area contributed by atoms with Gasteiger partial charge in [-0.25, -0.2) is 0 Å². The van der Waals surface area contributed by atoms with Crippen LogP contribution in [0.15, 0.2) is 30.6 Å². The van der Waals surface area contributed by atoms with Crippen LogP contribution in [0.5, 0.6) is 0 Å². The van der Waals surface area contributed by atoms with Crippen molar-refractivity contribution in [2.75, 3.05) is 31.5 Å². The molecule has 2 aromatic rings. The number of nitrogens with zero attached hydrogens (tertiary/aromatic N) is 4. The number of fused-ring (bicyclic) bond motifs is 1. The molecule has 0 bridgehead atoms. The number of nitrogens with one attached hydrogen (secondary N) is 1. The van der Waals surface area contributed by atoms with Crippen molar-refractivity contribution in [3.63, 3.8) is 0 Å². The molecule has 0 spiro atoms. The lowest BCUT2D eigenvalue weighted by Gasteiger charge is -2.36. The summed E-state index contributed by atoms with van der Waals surface area (Å²) in [5, 5.41) is 3.94. The second kappa shape index (κ2) is 8.40. The molecule has 7 heteroatoms. The Morgan fingerprint density at radius 1 is 1.27 bits per heavy atom. The van der Waals surface area contributed by atoms with Crippen LogP contribution >= 0.6 is 12.2 Å². The number of carbonyl (C=O) groups excluding carboxylic acids is 1. The number of aromatic nitrogens is 2. The van der Waals surface area contributed by atoms with E-state index in [-0.39, 0.29) is 11.8 Å². The largest absolute Gasteiger partial charge is 0.348 e. The van der Waals surface area contributed by atoms with E-state index in [1.807, 2.05) is 36.9 Å². The summed E-state index contributed by atoms with van der Waals surface area (Å²) in [6.07, 6.45) is 5.27. The Balaban J connectivity index is 1.65. The van der Waals surface area contributed by atoms with Gasteiger partial charge in [0, 0.05) is 44.3 Å². The summed E-state index contributed by atoms with van der Waals surface area (Å²) >= 11 is 5.59. The number of carbonyl (C=O) groups is 1. The van der Waals surface area contributed by atoms with Crippen LogP contribution in [0.2, 0.25) is 0 Å². The van der Waals surface area contributed by atoms with Crippen LogP contribution in [-0.4, -0.2) is 57.0 Å². The molecule has 0 saturated carbocycles. The summed E-state index contributed by atoms with van der Waals surface area (Å²) in [4.78, 5) is 25.3. The van der Waals surface area contributed by atoms with Gasteiger partial charge in [0.2, 0.25) is 5.91 Å². The molecule has 3 rings (SSSR count). The molecular weight excluding hydrogens is 346 g/mol. The lowest BCUT2D eigenvalue weighted by Crippen LogP contribution is -2.47. The predicted molar refractivity (Wildman–Crippen MR) is 108 cm³/mol. The maximum atomic E-state index is 12.7. The van der Waals surface area contributed by atoms with Gasteiger partial charge in [-0.2, -0.15) is 0 Å². The number of rotatable bonds is 4. The van der Waals surface area contributed by atoms with Crippen LogP contribution in [0.3, 0.4) is 0 Å². The summed E-state index contributed by atoms with van der Waals surface area (Å²) in [5.41, 5.74) is 2.57. The zero-order valence-corrected chi connectivity index (χ0v) is 16.1. The molecule has 6 nitrogen and oxygen atoms in total. The van der Waals surface area contributed by atoms with Crippen LogP contribution in [0.25, 0.3) is 11.0 Å². The number of benzene rings is 1. The van der Waals surface area contributed by atoms with E-state index in [1.54, 1.807) is 12.4 Å². The third kappa shape index (κ3) is 4.09. The van der Waals surface area contributed by atoms with Gasteiger partial charge in [0.15, 0.2) is 5.11 Å². The van der Waals surface area contributed by atoms with E-state index < -0.39 is 0 Å². The van der Waals surface area contributed by atoms with Crippen molar-refractivity contribution in [2.45, 2.75) is 26.7 Å². The molecular formula is C19H25N5OS. The molecule has 138 valence electrons. The van der Waals surface area contributed by atoms with Crippen LogP contribution in [0.4, 0.5) is 5.69 Å². The summed E-state index contributed by atoms with van der Waals surface area (Å²) in [5.74, 6) is 0.259. The van der Waals surface area contributed by atoms with Crippen molar-refractivity contribution in [3.8, 4) is 0 Å². The van der Waals surface area contributed by atoms with Gasteiger partial charge < -0.3 is 15.1 Å². The highest BCUT2D eigenvalue weighted by Gasteiger charge is 2.29. The summed E-state index contributed by atoms with van der Waals surface area (Å²) in [6.45, 7) is 7.11. The molecule has 1 saturated heterocycles. The normalized spacial score (nSPS) is 17.2. The average molecular weight is 372 g/mol. The zero-order valence-electron chi connectivity index (χ0n) is 15.3. The van der Waals surface area contributed by atoms with Gasteiger partial charge in [-0.1, -0.05) is 0 Å². The molecule has 1 fully saturated rings. The van der Waals surface area contributed by atoms with E-state index in [0.717, 1.165) is 49.2 Å². The van der Waals surface area contributed by atoms with E-state index >= 15 is 0 Å². The van der Waals surface area contributed by atoms with Crippen molar-refractivity contribution >= 4 is 40.0 Å². The first-order valence-corrected chi connectivity index (χ1v) is 9.58. The molecule has 1 aromatic heterocycles. The van der Waals surface area contributed by atoms with E-state index in [4.69, 9.17) is 12.2 Å². The second-order valence-corrected chi connectivity index (χ2v) is 6.87. The topological polar surface area (TPSA) is 61.4 Å². The van der Waals surface area contributed by atoms with Crippen LogP contribution < -0.4 is 5.32 Å². The van der Waals surface area contributed by atoms with Crippen molar-refractivity contribution in [1.82, 2.24) is 19.8 Å².